The average Bonchev–Trinajstić information content (AvgIpc) is 3.86. The molecule has 3 heterocycles. The van der Waals surface area contributed by atoms with Crippen molar-refractivity contribution in [1.29, 1.82) is 0 Å². The van der Waals surface area contributed by atoms with Gasteiger partial charge >= 0.3 is 6.09 Å². The molecule has 276 valence electrons. The van der Waals surface area contributed by atoms with E-state index in [9.17, 15) is 23.6 Å². The second-order valence-corrected chi connectivity index (χ2v) is 14.0. The number of carbonyl (C=O) groups is 4. The predicted octanol–water partition coefficient (Wildman–Crippen LogP) is 7.22. The molecular formula is C43H37FN6O5. The molecule has 2 aromatic heterocycles. The molecule has 1 aliphatic carbocycles. The summed E-state index contributed by atoms with van der Waals surface area (Å²) in [5.74, 6) is -1.18. The van der Waals surface area contributed by atoms with Crippen molar-refractivity contribution in [3.63, 3.8) is 0 Å². The molecule has 0 saturated carbocycles. The Morgan fingerprint density at radius 2 is 1.62 bits per heavy atom. The summed E-state index contributed by atoms with van der Waals surface area (Å²) in [7, 11) is 0. The largest absolute Gasteiger partial charge is 0.441 e. The molecule has 4 aromatic carbocycles. The van der Waals surface area contributed by atoms with Crippen molar-refractivity contribution in [2.75, 3.05) is 11.9 Å². The van der Waals surface area contributed by atoms with Gasteiger partial charge in [-0.2, -0.15) is 10.2 Å². The average molecular weight is 737 g/mol. The number of halogens is 1. The number of likely N-dealkylation sites (tertiary alicyclic amines) is 1. The van der Waals surface area contributed by atoms with Crippen LogP contribution in [0.3, 0.4) is 0 Å². The van der Waals surface area contributed by atoms with Gasteiger partial charge in [-0.25, -0.2) is 9.18 Å². The summed E-state index contributed by atoms with van der Waals surface area (Å²) < 4.78 is 22.2. The first-order valence-electron chi connectivity index (χ1n) is 18.0. The first-order valence-corrected chi connectivity index (χ1v) is 18.0. The van der Waals surface area contributed by atoms with E-state index in [1.54, 1.807) is 47.4 Å². The van der Waals surface area contributed by atoms with Crippen LogP contribution in [-0.4, -0.2) is 62.1 Å². The Hall–Kier alpha value is -6.69. The van der Waals surface area contributed by atoms with Gasteiger partial charge in [-0.1, -0.05) is 66.7 Å². The first kappa shape index (κ1) is 35.3. The van der Waals surface area contributed by atoms with Crippen molar-refractivity contribution in [1.82, 2.24) is 19.7 Å². The molecule has 11 nitrogen and oxygen atoms in total. The van der Waals surface area contributed by atoms with Crippen LogP contribution in [0.25, 0.3) is 33.2 Å². The van der Waals surface area contributed by atoms with Gasteiger partial charge in [-0.15, -0.1) is 0 Å². The molecule has 3 atom stereocenters. The zero-order valence-electron chi connectivity index (χ0n) is 29.9. The number of carbonyl (C=O) groups excluding carboxylic acids is 4. The minimum atomic E-state index is -1.38. The van der Waals surface area contributed by atoms with Crippen molar-refractivity contribution in [3.8, 4) is 22.3 Å². The van der Waals surface area contributed by atoms with Crippen molar-refractivity contribution in [3.05, 3.63) is 138 Å². The van der Waals surface area contributed by atoms with Crippen LogP contribution in [0.2, 0.25) is 0 Å². The van der Waals surface area contributed by atoms with Gasteiger partial charge in [0.1, 0.15) is 24.9 Å². The number of alkyl halides is 1. The fraction of sp³-hybridized carbons (Fsp3) is 0.209. The number of rotatable bonds is 10. The van der Waals surface area contributed by atoms with Crippen LogP contribution in [0.4, 0.5) is 14.9 Å². The number of nitrogens with zero attached hydrogens (tertiary/aromatic N) is 4. The second-order valence-electron chi connectivity index (χ2n) is 14.0. The van der Waals surface area contributed by atoms with E-state index in [2.05, 4.69) is 39.8 Å². The number of anilines is 1. The Balaban J connectivity index is 0.978. The SMILES string of the molecule is CC(=O)c1cn(CC(=O)N2C[C@H](F)C[C@H]2C(=O)Nc2ccc(C(CC3c4ccccc4-c4ccccc43)OC(N)=O)cc2)c2ccc(-c3ccnnc3)cc12. The number of Topliss-reactive ketones (excluding diaryl/α,β-unsaturated/α-hetero) is 1. The Kier molecular flexibility index (Phi) is 9.39. The number of primary amides is 1. The fourth-order valence-corrected chi connectivity index (χ4v) is 8.02. The third kappa shape index (κ3) is 6.94. The number of ether oxygens (including phenoxy) is 1. The van der Waals surface area contributed by atoms with Crippen molar-refractivity contribution in [2.24, 2.45) is 5.73 Å². The lowest BCUT2D eigenvalue weighted by atomic mass is 9.89. The van der Waals surface area contributed by atoms with E-state index in [0.717, 1.165) is 33.4 Å². The highest BCUT2D eigenvalue weighted by Crippen LogP contribution is 2.48. The molecule has 1 aliphatic heterocycles. The normalized spacial score (nSPS) is 16.7. The maximum absolute atomic E-state index is 14.9. The van der Waals surface area contributed by atoms with E-state index in [0.29, 0.717) is 34.1 Å². The van der Waals surface area contributed by atoms with Gasteiger partial charge in [0.2, 0.25) is 11.8 Å². The summed E-state index contributed by atoms with van der Waals surface area (Å²) in [5, 5.41) is 11.3. The number of hydrogen-bond donors (Lipinski definition) is 2. The minimum absolute atomic E-state index is 0.0312. The topological polar surface area (TPSA) is 150 Å². The van der Waals surface area contributed by atoms with Gasteiger partial charge in [0, 0.05) is 46.3 Å². The highest BCUT2D eigenvalue weighted by atomic mass is 19.1. The van der Waals surface area contributed by atoms with E-state index < -0.39 is 36.2 Å². The quantitative estimate of drug-likeness (QED) is 0.141. The minimum Gasteiger partial charge on any atom is -0.441 e. The molecule has 3 amide bonds. The number of hydrogen-bond acceptors (Lipinski definition) is 7. The molecule has 2 aliphatic rings. The fourth-order valence-electron chi connectivity index (χ4n) is 8.02. The predicted molar refractivity (Wildman–Crippen MR) is 205 cm³/mol. The lowest BCUT2D eigenvalue weighted by Gasteiger charge is -2.24. The summed E-state index contributed by atoms with van der Waals surface area (Å²) >= 11 is 0. The monoisotopic (exact) mass is 736 g/mol. The molecule has 3 N–H and O–H groups in total. The zero-order chi connectivity index (χ0) is 38.2. The summed E-state index contributed by atoms with van der Waals surface area (Å²) in [6.45, 7) is 1.04. The molecule has 1 unspecified atom stereocenters. The molecule has 8 rings (SSSR count). The second kappa shape index (κ2) is 14.6. The third-order valence-electron chi connectivity index (χ3n) is 10.6. The summed E-state index contributed by atoms with van der Waals surface area (Å²) in [4.78, 5) is 53.3. The number of nitrogens with one attached hydrogen (secondary N) is 1. The molecule has 0 radical (unpaired) electrons. The van der Waals surface area contributed by atoms with Crippen molar-refractivity contribution >= 4 is 40.3 Å². The number of nitrogens with two attached hydrogens (primary N) is 1. The van der Waals surface area contributed by atoms with Gasteiger partial charge in [-0.05, 0) is 77.1 Å². The molecule has 1 saturated heterocycles. The maximum Gasteiger partial charge on any atom is 0.405 e. The van der Waals surface area contributed by atoms with Crippen LogP contribution in [0.1, 0.15) is 58.8 Å². The van der Waals surface area contributed by atoms with Gasteiger partial charge in [0.25, 0.3) is 0 Å². The maximum atomic E-state index is 14.9. The highest BCUT2D eigenvalue weighted by Gasteiger charge is 2.40. The van der Waals surface area contributed by atoms with Crippen molar-refractivity contribution < 1.29 is 28.3 Å². The van der Waals surface area contributed by atoms with Crippen molar-refractivity contribution in [2.45, 2.75) is 50.5 Å². The summed E-state index contributed by atoms with van der Waals surface area (Å²) in [5.41, 5.74) is 14.0. The van der Waals surface area contributed by atoms with Crippen LogP contribution in [-0.2, 0) is 20.9 Å². The highest BCUT2D eigenvalue weighted by molar-refractivity contribution is 6.08. The lowest BCUT2D eigenvalue weighted by Crippen LogP contribution is -2.44. The number of ketones is 1. The Morgan fingerprint density at radius 1 is 0.909 bits per heavy atom. The van der Waals surface area contributed by atoms with E-state index in [4.69, 9.17) is 10.5 Å². The van der Waals surface area contributed by atoms with E-state index in [1.165, 1.54) is 11.8 Å². The number of amides is 3. The third-order valence-corrected chi connectivity index (χ3v) is 10.6. The Bertz CT molecular complexity index is 2400. The number of aromatic nitrogens is 3. The Labute approximate surface area is 315 Å². The summed E-state index contributed by atoms with van der Waals surface area (Å²) in [6, 6.07) is 29.5. The molecule has 0 spiro atoms. The van der Waals surface area contributed by atoms with E-state index in [1.807, 2.05) is 48.5 Å². The molecule has 12 heteroatoms. The molecular weight excluding hydrogens is 700 g/mol. The van der Waals surface area contributed by atoms with Crippen LogP contribution >= 0.6 is 0 Å². The van der Waals surface area contributed by atoms with E-state index in [-0.39, 0.29) is 31.2 Å². The zero-order valence-corrected chi connectivity index (χ0v) is 29.9. The Morgan fingerprint density at radius 3 is 2.27 bits per heavy atom. The smallest absolute Gasteiger partial charge is 0.405 e. The van der Waals surface area contributed by atoms with Crippen LogP contribution < -0.4 is 11.1 Å². The summed E-state index contributed by atoms with van der Waals surface area (Å²) in [6.07, 6.45) is 2.18. The van der Waals surface area contributed by atoms with Crippen LogP contribution in [0, 0.1) is 0 Å². The van der Waals surface area contributed by atoms with Gasteiger partial charge in [0.05, 0.1) is 18.9 Å². The van der Waals surface area contributed by atoms with Gasteiger partial charge in [-0.3, -0.25) is 14.4 Å². The lowest BCUT2D eigenvalue weighted by molar-refractivity contribution is -0.137. The molecule has 55 heavy (non-hydrogen) atoms. The molecule has 0 bridgehead atoms. The number of benzene rings is 4. The van der Waals surface area contributed by atoms with Crippen LogP contribution in [0.5, 0.6) is 0 Å². The van der Waals surface area contributed by atoms with Crippen LogP contribution in [0.15, 0.2) is 116 Å². The standard InChI is InChI=1S/C43H37FN6O5/c1-25(51)37-23-49(38-15-12-27(18-36(37)38)28-16-17-46-47-21-28)24-41(52)50-22-29(44)19-39(50)42(53)48-30-13-10-26(11-14-30)40(55-43(45)54)20-35-33-8-4-2-6-31(33)32-7-3-5-9-34(32)35/h2-18,21,23,29,35,39-40H,19-20,22,24H2,1H3,(H2,45,54)(H,48,53)/t29-,39+,40?/m1/s1. The number of fused-ring (bicyclic) bond motifs is 4. The van der Waals surface area contributed by atoms with E-state index >= 15 is 0 Å². The molecule has 1 fully saturated rings. The first-order chi connectivity index (χ1) is 26.6. The molecule has 6 aromatic rings. The van der Waals surface area contributed by atoms with Gasteiger partial charge in [0.15, 0.2) is 5.78 Å². The van der Waals surface area contributed by atoms with Gasteiger partial charge < -0.3 is 25.3 Å².